The second-order valence-electron chi connectivity index (χ2n) is 3.04. The van der Waals surface area contributed by atoms with E-state index in [0.29, 0.717) is 6.29 Å². The molecule has 0 saturated carbocycles. The van der Waals surface area contributed by atoms with Crippen LogP contribution in [0.15, 0.2) is 10.6 Å². The maximum Gasteiger partial charge on any atom is 0.259 e. The van der Waals surface area contributed by atoms with Gasteiger partial charge < -0.3 is 4.42 Å². The summed E-state index contributed by atoms with van der Waals surface area (Å²) >= 11 is 1.82. The molecule has 0 radical (unpaired) electrons. The summed E-state index contributed by atoms with van der Waals surface area (Å²) in [5, 5.41) is 0. The quantitative estimate of drug-likeness (QED) is 0.516. The highest BCUT2D eigenvalue weighted by atomic mass is 32.2. The van der Waals surface area contributed by atoms with Crippen molar-refractivity contribution in [2.75, 3.05) is 5.75 Å². The highest BCUT2D eigenvalue weighted by Gasteiger charge is 2.01. The van der Waals surface area contributed by atoms with E-state index in [0.717, 1.165) is 17.3 Å². The maximum atomic E-state index is 10.3. The van der Waals surface area contributed by atoms with E-state index in [1.54, 1.807) is 6.20 Å². The van der Waals surface area contributed by atoms with E-state index in [1.165, 1.54) is 19.3 Å². The first-order valence-corrected chi connectivity index (χ1v) is 6.00. The van der Waals surface area contributed by atoms with E-state index < -0.39 is 0 Å². The molecule has 0 aliphatic heterocycles. The third-order valence-corrected chi connectivity index (χ3v) is 2.87. The van der Waals surface area contributed by atoms with Gasteiger partial charge in [0.05, 0.1) is 11.9 Å². The first kappa shape index (κ1) is 11.3. The molecule has 0 saturated heterocycles. The van der Waals surface area contributed by atoms with Gasteiger partial charge in [0.25, 0.3) is 5.89 Å². The largest absolute Gasteiger partial charge is 0.438 e. The molecule has 14 heavy (non-hydrogen) atoms. The van der Waals surface area contributed by atoms with Crippen LogP contribution in [-0.2, 0) is 5.75 Å². The van der Waals surface area contributed by atoms with Gasteiger partial charge in [-0.3, -0.25) is 4.79 Å². The predicted octanol–water partition coefficient (Wildman–Crippen LogP) is 2.91. The summed E-state index contributed by atoms with van der Waals surface area (Å²) in [4.78, 5) is 14.1. The molecule has 0 fully saturated rings. The molecule has 1 aromatic heterocycles. The normalized spacial score (nSPS) is 10.4. The van der Waals surface area contributed by atoms with Gasteiger partial charge in [-0.1, -0.05) is 19.8 Å². The van der Waals surface area contributed by atoms with Gasteiger partial charge in [0, 0.05) is 0 Å². The minimum absolute atomic E-state index is 0.175. The minimum Gasteiger partial charge on any atom is -0.438 e. The van der Waals surface area contributed by atoms with Crippen molar-refractivity contribution in [3.63, 3.8) is 0 Å². The number of rotatable bonds is 7. The van der Waals surface area contributed by atoms with Crippen molar-refractivity contribution >= 4 is 18.0 Å². The highest BCUT2D eigenvalue weighted by Crippen LogP contribution is 2.14. The van der Waals surface area contributed by atoms with Crippen LogP contribution in [0.3, 0.4) is 0 Å². The fraction of sp³-hybridized carbons (Fsp3) is 0.600. The van der Waals surface area contributed by atoms with Crippen LogP contribution in [-0.4, -0.2) is 17.0 Å². The van der Waals surface area contributed by atoms with Gasteiger partial charge in [-0.15, -0.1) is 0 Å². The van der Waals surface area contributed by atoms with Crippen molar-refractivity contribution in [2.24, 2.45) is 0 Å². The first-order valence-electron chi connectivity index (χ1n) is 4.84. The molecule has 0 amide bonds. The molecule has 1 aromatic rings. The number of carbonyl (C=O) groups is 1. The second-order valence-corrected chi connectivity index (χ2v) is 4.15. The van der Waals surface area contributed by atoms with Gasteiger partial charge in [0.1, 0.15) is 5.76 Å². The molecule has 0 atom stereocenters. The van der Waals surface area contributed by atoms with Crippen LogP contribution in [0.4, 0.5) is 0 Å². The van der Waals surface area contributed by atoms with Crippen LogP contribution in [0.25, 0.3) is 0 Å². The highest BCUT2D eigenvalue weighted by molar-refractivity contribution is 7.98. The van der Waals surface area contributed by atoms with Crippen molar-refractivity contribution in [1.29, 1.82) is 0 Å². The molecule has 1 heterocycles. The average molecular weight is 213 g/mol. The Morgan fingerprint density at radius 3 is 3.07 bits per heavy atom. The topological polar surface area (TPSA) is 43.1 Å². The Bertz CT molecular complexity index is 273. The zero-order valence-electron chi connectivity index (χ0n) is 8.36. The van der Waals surface area contributed by atoms with Crippen LogP contribution in [0.1, 0.15) is 42.6 Å². The molecule has 1 rings (SSSR count). The Labute approximate surface area is 88.3 Å². The van der Waals surface area contributed by atoms with Gasteiger partial charge in [-0.25, -0.2) is 4.98 Å². The summed E-state index contributed by atoms with van der Waals surface area (Å²) in [6.45, 7) is 2.19. The number of thioether (sulfide) groups is 1. The molecule has 3 nitrogen and oxygen atoms in total. The summed E-state index contributed by atoms with van der Waals surface area (Å²) in [6, 6.07) is 0. The van der Waals surface area contributed by atoms with Crippen LogP contribution in [0.2, 0.25) is 0 Å². The smallest absolute Gasteiger partial charge is 0.259 e. The van der Waals surface area contributed by atoms with Gasteiger partial charge in [-0.05, 0) is 12.2 Å². The number of aldehydes is 1. The number of oxazole rings is 1. The molecule has 0 N–H and O–H groups in total. The Kier molecular flexibility index (Phi) is 5.37. The summed E-state index contributed by atoms with van der Waals surface area (Å²) in [7, 11) is 0. The maximum absolute atomic E-state index is 10.3. The van der Waals surface area contributed by atoms with Crippen molar-refractivity contribution in [3.8, 4) is 0 Å². The molecule has 78 valence electrons. The van der Waals surface area contributed by atoms with Gasteiger partial charge >= 0.3 is 0 Å². The fourth-order valence-corrected chi connectivity index (χ4v) is 1.96. The predicted molar refractivity (Wildman–Crippen MR) is 57.6 cm³/mol. The van der Waals surface area contributed by atoms with Crippen molar-refractivity contribution in [2.45, 2.75) is 31.9 Å². The van der Waals surface area contributed by atoms with Crippen molar-refractivity contribution in [3.05, 3.63) is 17.8 Å². The molecule has 0 aromatic carbocycles. The number of unbranched alkanes of at least 4 members (excludes halogenated alkanes) is 2. The lowest BCUT2D eigenvalue weighted by molar-refractivity contribution is 0.109. The lowest BCUT2D eigenvalue weighted by atomic mass is 10.3. The van der Waals surface area contributed by atoms with Gasteiger partial charge in [0.2, 0.25) is 6.29 Å². The van der Waals surface area contributed by atoms with Crippen LogP contribution in [0.5, 0.6) is 0 Å². The summed E-state index contributed by atoms with van der Waals surface area (Å²) in [6.07, 6.45) is 6.03. The Morgan fingerprint density at radius 2 is 2.43 bits per heavy atom. The van der Waals surface area contributed by atoms with E-state index in [9.17, 15) is 4.79 Å². The molecule has 0 aliphatic rings. The Morgan fingerprint density at radius 1 is 1.57 bits per heavy atom. The van der Waals surface area contributed by atoms with Crippen LogP contribution >= 0.6 is 11.8 Å². The number of nitrogens with zero attached hydrogens (tertiary/aromatic N) is 1. The van der Waals surface area contributed by atoms with E-state index in [4.69, 9.17) is 4.42 Å². The molecular formula is C10H15NO2S. The second kappa shape index (κ2) is 6.65. The number of hydrogen-bond acceptors (Lipinski definition) is 4. The third kappa shape index (κ3) is 3.96. The Balaban J connectivity index is 2.14. The number of hydrogen-bond donors (Lipinski definition) is 0. The molecule has 0 bridgehead atoms. The third-order valence-electron chi connectivity index (χ3n) is 1.81. The van der Waals surface area contributed by atoms with E-state index in [2.05, 4.69) is 11.9 Å². The van der Waals surface area contributed by atoms with Crippen LogP contribution in [0, 0.1) is 0 Å². The summed E-state index contributed by atoms with van der Waals surface area (Å²) in [5.41, 5.74) is 0. The molecule has 4 heteroatoms. The van der Waals surface area contributed by atoms with Crippen molar-refractivity contribution < 1.29 is 9.21 Å². The van der Waals surface area contributed by atoms with E-state index in [1.807, 2.05) is 11.8 Å². The molecule has 0 unspecified atom stereocenters. The zero-order chi connectivity index (χ0) is 10.2. The molecular weight excluding hydrogens is 198 g/mol. The van der Waals surface area contributed by atoms with Crippen molar-refractivity contribution in [1.82, 2.24) is 4.98 Å². The molecule has 0 aliphatic carbocycles. The standard InChI is InChI=1S/C10H15NO2S/c1-2-3-4-5-14-8-9-6-11-10(7-12)13-9/h6-7H,2-5,8H2,1H3. The summed E-state index contributed by atoms with van der Waals surface area (Å²) < 4.78 is 5.14. The molecule has 0 spiro atoms. The number of carbonyl (C=O) groups excluding carboxylic acids is 1. The lowest BCUT2D eigenvalue weighted by Crippen LogP contribution is -1.81. The lowest BCUT2D eigenvalue weighted by Gasteiger charge is -1.97. The van der Waals surface area contributed by atoms with E-state index in [-0.39, 0.29) is 5.89 Å². The minimum atomic E-state index is 0.175. The first-order chi connectivity index (χ1) is 6.86. The van der Waals surface area contributed by atoms with Crippen LogP contribution < -0.4 is 0 Å². The zero-order valence-corrected chi connectivity index (χ0v) is 9.18. The number of aromatic nitrogens is 1. The van der Waals surface area contributed by atoms with Gasteiger partial charge in [-0.2, -0.15) is 11.8 Å². The average Bonchev–Trinajstić information content (AvgIpc) is 2.65. The SMILES string of the molecule is CCCCCSCc1cnc(C=O)o1. The van der Waals surface area contributed by atoms with E-state index >= 15 is 0 Å². The fourth-order valence-electron chi connectivity index (χ4n) is 1.07. The monoisotopic (exact) mass is 213 g/mol. The Hall–Kier alpha value is -0.770. The van der Waals surface area contributed by atoms with Gasteiger partial charge in [0.15, 0.2) is 0 Å². The summed E-state index contributed by atoms with van der Waals surface area (Å²) in [5.74, 6) is 2.91.